The fourth-order valence-electron chi connectivity index (χ4n) is 1.51. The molecule has 0 saturated carbocycles. The molecule has 1 amide bonds. The van der Waals surface area contributed by atoms with Crippen LogP contribution in [0, 0.1) is 17.5 Å². The summed E-state index contributed by atoms with van der Waals surface area (Å²) in [4.78, 5) is 11.8. The van der Waals surface area contributed by atoms with E-state index in [0.717, 1.165) is 24.3 Å². The Kier molecular flexibility index (Phi) is 4.35. The lowest BCUT2D eigenvalue weighted by Gasteiger charge is -2.09. The third-order valence-corrected chi connectivity index (χ3v) is 3.11. The average molecular weight is 365 g/mol. The molecule has 0 aromatic heterocycles. The predicted molar refractivity (Wildman–Crippen MR) is 73.4 cm³/mol. The van der Waals surface area contributed by atoms with Crippen LogP contribution in [-0.4, -0.2) is 5.91 Å². The Hall–Kier alpha value is -1.53. The predicted octanol–water partition coefficient (Wildman–Crippen LogP) is 4.77. The number of anilines is 1. The molecule has 0 atom stereocenters. The summed E-state index contributed by atoms with van der Waals surface area (Å²) < 4.78 is 40.8. The fourth-order valence-corrected chi connectivity index (χ4v) is 2.09. The zero-order valence-electron chi connectivity index (χ0n) is 9.68. The van der Waals surface area contributed by atoms with Gasteiger partial charge in [0.2, 0.25) is 0 Å². The van der Waals surface area contributed by atoms with Gasteiger partial charge in [0, 0.05) is 9.50 Å². The van der Waals surface area contributed by atoms with Gasteiger partial charge in [-0.3, -0.25) is 4.79 Å². The van der Waals surface area contributed by atoms with Gasteiger partial charge in [-0.15, -0.1) is 0 Å². The second-order valence-corrected chi connectivity index (χ2v) is 5.17. The minimum atomic E-state index is -0.995. The molecule has 104 valence electrons. The van der Waals surface area contributed by atoms with Crippen molar-refractivity contribution in [3.05, 3.63) is 62.8 Å². The van der Waals surface area contributed by atoms with Crippen molar-refractivity contribution in [3.8, 4) is 0 Å². The number of hydrogen-bond acceptors (Lipinski definition) is 1. The highest BCUT2D eigenvalue weighted by atomic mass is 79.9. The van der Waals surface area contributed by atoms with E-state index in [1.165, 1.54) is 6.07 Å². The first-order chi connectivity index (χ1) is 9.38. The van der Waals surface area contributed by atoms with Crippen molar-refractivity contribution in [1.82, 2.24) is 0 Å². The third kappa shape index (κ3) is 3.13. The zero-order chi connectivity index (χ0) is 14.9. The standard InChI is InChI=1S/C13H6BrClF3NO/c14-6-3-10(17)12(11(18)4-6)19-13(20)8-5-7(15)1-2-9(8)16/h1-5H,(H,19,20). The number of amides is 1. The minimum absolute atomic E-state index is 0.133. The van der Waals surface area contributed by atoms with Crippen molar-refractivity contribution in [2.24, 2.45) is 0 Å². The molecular weight excluding hydrogens is 358 g/mol. The van der Waals surface area contributed by atoms with E-state index in [9.17, 15) is 18.0 Å². The minimum Gasteiger partial charge on any atom is -0.317 e. The molecule has 2 aromatic carbocycles. The molecule has 2 rings (SSSR count). The maximum atomic E-state index is 13.6. The van der Waals surface area contributed by atoms with Crippen LogP contribution in [-0.2, 0) is 0 Å². The van der Waals surface area contributed by atoms with Crippen LogP contribution >= 0.6 is 27.5 Å². The molecule has 2 nitrogen and oxygen atoms in total. The molecule has 0 saturated heterocycles. The van der Waals surface area contributed by atoms with E-state index in [-0.39, 0.29) is 9.50 Å². The van der Waals surface area contributed by atoms with E-state index in [1.54, 1.807) is 0 Å². The van der Waals surface area contributed by atoms with Crippen LogP contribution in [0.15, 0.2) is 34.8 Å². The number of halogens is 5. The van der Waals surface area contributed by atoms with Gasteiger partial charge < -0.3 is 5.32 Å². The lowest BCUT2D eigenvalue weighted by Crippen LogP contribution is -2.16. The highest BCUT2D eigenvalue weighted by molar-refractivity contribution is 9.10. The molecule has 0 heterocycles. The van der Waals surface area contributed by atoms with Crippen LogP contribution in [0.3, 0.4) is 0 Å². The molecule has 0 spiro atoms. The summed E-state index contributed by atoms with van der Waals surface area (Å²) in [6.07, 6.45) is 0. The van der Waals surface area contributed by atoms with Gasteiger partial charge in [0.25, 0.3) is 5.91 Å². The maximum Gasteiger partial charge on any atom is 0.258 e. The lowest BCUT2D eigenvalue weighted by atomic mass is 10.2. The molecule has 2 aromatic rings. The van der Waals surface area contributed by atoms with Gasteiger partial charge in [0.05, 0.1) is 5.56 Å². The van der Waals surface area contributed by atoms with E-state index in [1.807, 2.05) is 5.32 Å². The van der Waals surface area contributed by atoms with Crippen LogP contribution in [0.4, 0.5) is 18.9 Å². The Morgan fingerprint density at radius 1 is 1.05 bits per heavy atom. The topological polar surface area (TPSA) is 29.1 Å². The molecule has 20 heavy (non-hydrogen) atoms. The van der Waals surface area contributed by atoms with Gasteiger partial charge in [-0.25, -0.2) is 13.2 Å². The van der Waals surface area contributed by atoms with E-state index in [2.05, 4.69) is 15.9 Å². The summed E-state index contributed by atoms with van der Waals surface area (Å²) in [5.74, 6) is -3.80. The van der Waals surface area contributed by atoms with Crippen LogP contribution in [0.25, 0.3) is 0 Å². The van der Waals surface area contributed by atoms with Gasteiger partial charge in [-0.05, 0) is 30.3 Å². The summed E-state index contributed by atoms with van der Waals surface area (Å²) >= 11 is 8.56. The Morgan fingerprint density at radius 2 is 1.65 bits per heavy atom. The molecule has 0 fully saturated rings. The molecular formula is C13H6BrClF3NO. The summed E-state index contributed by atoms with van der Waals surface area (Å²) in [7, 11) is 0. The largest absolute Gasteiger partial charge is 0.317 e. The number of hydrogen-bond donors (Lipinski definition) is 1. The third-order valence-electron chi connectivity index (χ3n) is 2.42. The number of carbonyl (C=O) groups excluding carboxylic acids is 1. The summed E-state index contributed by atoms with van der Waals surface area (Å²) in [6.45, 7) is 0. The van der Waals surface area contributed by atoms with Crippen molar-refractivity contribution in [1.29, 1.82) is 0 Å². The van der Waals surface area contributed by atoms with Gasteiger partial charge in [0.1, 0.15) is 11.5 Å². The average Bonchev–Trinajstić information content (AvgIpc) is 2.36. The molecule has 0 radical (unpaired) electrons. The molecule has 0 aliphatic rings. The van der Waals surface area contributed by atoms with E-state index < -0.39 is 34.6 Å². The van der Waals surface area contributed by atoms with Crippen molar-refractivity contribution in [2.45, 2.75) is 0 Å². The molecule has 0 aliphatic heterocycles. The molecule has 7 heteroatoms. The van der Waals surface area contributed by atoms with E-state index >= 15 is 0 Å². The Labute approximate surface area is 125 Å². The monoisotopic (exact) mass is 363 g/mol. The van der Waals surface area contributed by atoms with E-state index in [4.69, 9.17) is 11.6 Å². The SMILES string of the molecule is O=C(Nc1c(F)cc(Br)cc1F)c1cc(Cl)ccc1F. The number of rotatable bonds is 2. The van der Waals surface area contributed by atoms with Crippen LogP contribution in [0.5, 0.6) is 0 Å². The molecule has 0 unspecified atom stereocenters. The quantitative estimate of drug-likeness (QED) is 0.817. The molecule has 0 bridgehead atoms. The summed E-state index contributed by atoms with van der Waals surface area (Å²) in [6, 6.07) is 5.28. The highest BCUT2D eigenvalue weighted by Crippen LogP contribution is 2.25. The van der Waals surface area contributed by atoms with Gasteiger partial charge in [-0.1, -0.05) is 27.5 Å². The lowest BCUT2D eigenvalue weighted by molar-refractivity contribution is 0.102. The zero-order valence-corrected chi connectivity index (χ0v) is 12.0. The van der Waals surface area contributed by atoms with E-state index in [0.29, 0.717) is 0 Å². The Balaban J connectivity index is 2.35. The van der Waals surface area contributed by atoms with Gasteiger partial charge >= 0.3 is 0 Å². The normalized spacial score (nSPS) is 10.4. The molecule has 1 N–H and O–H groups in total. The summed E-state index contributed by atoms with van der Waals surface area (Å²) in [5, 5.41) is 2.11. The molecule has 0 aliphatic carbocycles. The first-order valence-electron chi connectivity index (χ1n) is 5.29. The Bertz CT molecular complexity index is 670. The van der Waals surface area contributed by atoms with Crippen molar-refractivity contribution < 1.29 is 18.0 Å². The smallest absolute Gasteiger partial charge is 0.258 e. The van der Waals surface area contributed by atoms with Gasteiger partial charge in [0.15, 0.2) is 11.6 Å². The van der Waals surface area contributed by atoms with Gasteiger partial charge in [-0.2, -0.15) is 0 Å². The van der Waals surface area contributed by atoms with Crippen molar-refractivity contribution in [2.75, 3.05) is 5.32 Å². The second kappa shape index (κ2) is 5.85. The Morgan fingerprint density at radius 3 is 2.25 bits per heavy atom. The van der Waals surface area contributed by atoms with Crippen molar-refractivity contribution >= 4 is 39.1 Å². The highest BCUT2D eigenvalue weighted by Gasteiger charge is 2.17. The van der Waals surface area contributed by atoms with Crippen molar-refractivity contribution in [3.63, 3.8) is 0 Å². The summed E-state index contributed by atoms with van der Waals surface area (Å²) in [5.41, 5.74) is -1.06. The first kappa shape index (κ1) is 14.9. The fraction of sp³-hybridized carbons (Fsp3) is 0. The number of carbonyl (C=O) groups is 1. The second-order valence-electron chi connectivity index (χ2n) is 3.82. The number of nitrogens with one attached hydrogen (secondary N) is 1. The maximum absolute atomic E-state index is 13.6. The van der Waals surface area contributed by atoms with Crippen LogP contribution in [0.2, 0.25) is 5.02 Å². The number of benzene rings is 2. The van der Waals surface area contributed by atoms with Crippen LogP contribution in [0.1, 0.15) is 10.4 Å². The first-order valence-corrected chi connectivity index (χ1v) is 6.46. The van der Waals surface area contributed by atoms with Crippen LogP contribution < -0.4 is 5.32 Å².